The lowest BCUT2D eigenvalue weighted by atomic mass is 10.1. The molecule has 0 bridgehead atoms. The van der Waals surface area contributed by atoms with E-state index in [0.29, 0.717) is 6.42 Å². The summed E-state index contributed by atoms with van der Waals surface area (Å²) >= 11 is 1.69. The van der Waals surface area contributed by atoms with Gasteiger partial charge in [-0.1, -0.05) is 6.07 Å². The molecule has 2 heterocycles. The van der Waals surface area contributed by atoms with E-state index in [1.165, 1.54) is 4.88 Å². The van der Waals surface area contributed by atoms with Gasteiger partial charge in [0.15, 0.2) is 0 Å². The van der Waals surface area contributed by atoms with Gasteiger partial charge < -0.3 is 5.11 Å². The first kappa shape index (κ1) is 11.4. The van der Waals surface area contributed by atoms with E-state index in [9.17, 15) is 5.11 Å². The third kappa shape index (κ3) is 2.71. The Balaban J connectivity index is 1.97. The van der Waals surface area contributed by atoms with E-state index in [1.807, 2.05) is 36.2 Å². The summed E-state index contributed by atoms with van der Waals surface area (Å²) in [5.41, 5.74) is 2.09. The van der Waals surface area contributed by atoms with Crippen LogP contribution in [0.2, 0.25) is 0 Å². The molecule has 0 saturated heterocycles. The molecular weight excluding hydrogens is 220 g/mol. The van der Waals surface area contributed by atoms with E-state index in [2.05, 4.69) is 11.2 Å². The molecule has 2 aromatic rings. The lowest BCUT2D eigenvalue weighted by molar-refractivity contribution is 0.174. The first-order valence-electron chi connectivity index (χ1n) is 5.35. The third-order valence-electron chi connectivity index (χ3n) is 2.56. The quantitative estimate of drug-likeness (QED) is 0.881. The highest BCUT2D eigenvalue weighted by atomic mass is 32.1. The zero-order valence-electron chi connectivity index (χ0n) is 9.55. The Morgan fingerprint density at radius 2 is 2.31 bits per heavy atom. The molecule has 0 saturated carbocycles. The average Bonchev–Trinajstić information content (AvgIpc) is 2.78. The van der Waals surface area contributed by atoms with Crippen molar-refractivity contribution in [3.63, 3.8) is 0 Å². The standard InChI is InChI=1S/C12H16N2OS/c1-9-6-10(14(2)13-9)7-11(15)8-12-4-3-5-16-12/h3-6,11,15H,7-8H2,1-2H3. The molecule has 3 nitrogen and oxygen atoms in total. The van der Waals surface area contributed by atoms with Crippen LogP contribution < -0.4 is 0 Å². The van der Waals surface area contributed by atoms with Gasteiger partial charge in [-0.25, -0.2) is 0 Å². The van der Waals surface area contributed by atoms with Crippen LogP contribution in [0.3, 0.4) is 0 Å². The van der Waals surface area contributed by atoms with Crippen molar-refractivity contribution in [2.45, 2.75) is 25.9 Å². The van der Waals surface area contributed by atoms with E-state index < -0.39 is 0 Å². The van der Waals surface area contributed by atoms with Crippen LogP contribution in [0.15, 0.2) is 23.6 Å². The number of aliphatic hydroxyl groups excluding tert-OH is 1. The summed E-state index contributed by atoms with van der Waals surface area (Å²) in [5, 5.41) is 16.3. The summed E-state index contributed by atoms with van der Waals surface area (Å²) in [7, 11) is 1.92. The van der Waals surface area contributed by atoms with Crippen molar-refractivity contribution in [1.29, 1.82) is 0 Å². The second kappa shape index (κ2) is 4.80. The average molecular weight is 236 g/mol. The molecule has 1 unspecified atom stereocenters. The predicted octanol–water partition coefficient (Wildman–Crippen LogP) is 1.94. The maximum atomic E-state index is 9.97. The highest BCUT2D eigenvalue weighted by Crippen LogP contribution is 2.14. The van der Waals surface area contributed by atoms with Gasteiger partial charge in [0.2, 0.25) is 0 Å². The fourth-order valence-corrected chi connectivity index (χ4v) is 2.61. The Morgan fingerprint density at radius 3 is 2.88 bits per heavy atom. The van der Waals surface area contributed by atoms with Gasteiger partial charge in [0.25, 0.3) is 0 Å². The molecule has 0 aliphatic heterocycles. The van der Waals surface area contributed by atoms with Crippen LogP contribution in [-0.4, -0.2) is 21.0 Å². The van der Waals surface area contributed by atoms with E-state index in [4.69, 9.17) is 0 Å². The SMILES string of the molecule is Cc1cc(CC(O)Cc2cccs2)n(C)n1. The van der Waals surface area contributed by atoms with E-state index >= 15 is 0 Å². The van der Waals surface area contributed by atoms with Crippen LogP contribution >= 0.6 is 11.3 Å². The molecule has 86 valence electrons. The Bertz CT molecular complexity index is 448. The highest BCUT2D eigenvalue weighted by Gasteiger charge is 2.10. The molecule has 1 N–H and O–H groups in total. The number of rotatable bonds is 4. The van der Waals surface area contributed by atoms with Gasteiger partial charge in [-0.3, -0.25) is 4.68 Å². The van der Waals surface area contributed by atoms with Crippen LogP contribution in [0.25, 0.3) is 0 Å². The number of nitrogens with zero attached hydrogens (tertiary/aromatic N) is 2. The van der Waals surface area contributed by atoms with Crippen molar-refractivity contribution in [1.82, 2.24) is 9.78 Å². The molecule has 0 radical (unpaired) electrons. The topological polar surface area (TPSA) is 38.0 Å². The van der Waals surface area contributed by atoms with Crippen LogP contribution in [-0.2, 0) is 19.9 Å². The number of hydrogen-bond donors (Lipinski definition) is 1. The minimum Gasteiger partial charge on any atom is -0.392 e. The second-order valence-electron chi connectivity index (χ2n) is 4.04. The van der Waals surface area contributed by atoms with Crippen LogP contribution in [0.5, 0.6) is 0 Å². The van der Waals surface area contributed by atoms with Gasteiger partial charge in [0.1, 0.15) is 0 Å². The molecule has 0 amide bonds. The van der Waals surface area contributed by atoms with Gasteiger partial charge in [-0.05, 0) is 24.4 Å². The monoisotopic (exact) mass is 236 g/mol. The third-order valence-corrected chi connectivity index (χ3v) is 3.46. The Kier molecular flexibility index (Phi) is 3.41. The lowest BCUT2D eigenvalue weighted by Gasteiger charge is -2.09. The maximum absolute atomic E-state index is 9.97. The molecule has 1 atom stereocenters. The molecule has 0 aromatic carbocycles. The van der Waals surface area contributed by atoms with Gasteiger partial charge in [0.05, 0.1) is 11.8 Å². The fourth-order valence-electron chi connectivity index (χ4n) is 1.83. The Labute approximate surface area is 99.4 Å². The molecule has 0 aliphatic carbocycles. The van der Waals surface area contributed by atoms with Crippen molar-refractivity contribution in [3.8, 4) is 0 Å². The summed E-state index contributed by atoms with van der Waals surface area (Å²) in [6.45, 7) is 1.97. The van der Waals surface area contributed by atoms with Gasteiger partial charge in [-0.15, -0.1) is 11.3 Å². The first-order chi connectivity index (χ1) is 7.65. The largest absolute Gasteiger partial charge is 0.392 e. The van der Waals surface area contributed by atoms with Crippen molar-refractivity contribution in [3.05, 3.63) is 39.8 Å². The summed E-state index contributed by atoms with van der Waals surface area (Å²) in [5.74, 6) is 0. The number of aliphatic hydroxyl groups is 1. The molecule has 0 aliphatic rings. The highest BCUT2D eigenvalue weighted by molar-refractivity contribution is 7.09. The van der Waals surface area contributed by atoms with Crippen molar-refractivity contribution in [2.24, 2.45) is 7.05 Å². The molecule has 16 heavy (non-hydrogen) atoms. The van der Waals surface area contributed by atoms with E-state index in [-0.39, 0.29) is 6.10 Å². The summed E-state index contributed by atoms with van der Waals surface area (Å²) in [4.78, 5) is 1.23. The van der Waals surface area contributed by atoms with E-state index in [0.717, 1.165) is 17.8 Å². The van der Waals surface area contributed by atoms with Gasteiger partial charge in [-0.2, -0.15) is 5.10 Å². The van der Waals surface area contributed by atoms with E-state index in [1.54, 1.807) is 11.3 Å². The molecule has 0 fully saturated rings. The number of aryl methyl sites for hydroxylation is 2. The normalized spacial score (nSPS) is 12.9. The minimum absolute atomic E-state index is 0.326. The smallest absolute Gasteiger partial charge is 0.0643 e. The number of thiophene rings is 1. The van der Waals surface area contributed by atoms with Gasteiger partial charge in [0, 0.05) is 30.5 Å². The number of aromatic nitrogens is 2. The van der Waals surface area contributed by atoms with Crippen LogP contribution in [0.1, 0.15) is 16.3 Å². The first-order valence-corrected chi connectivity index (χ1v) is 6.23. The predicted molar refractivity (Wildman–Crippen MR) is 65.7 cm³/mol. The zero-order valence-corrected chi connectivity index (χ0v) is 10.4. The summed E-state index contributed by atoms with van der Waals surface area (Å²) in [6, 6.07) is 6.10. The van der Waals surface area contributed by atoms with Crippen molar-refractivity contribution < 1.29 is 5.11 Å². The fraction of sp³-hybridized carbons (Fsp3) is 0.417. The lowest BCUT2D eigenvalue weighted by Crippen LogP contribution is -2.15. The molecule has 2 aromatic heterocycles. The summed E-state index contributed by atoms with van der Waals surface area (Å²) in [6.07, 6.45) is 1.06. The second-order valence-corrected chi connectivity index (χ2v) is 5.07. The molecule has 4 heteroatoms. The summed E-state index contributed by atoms with van der Waals surface area (Å²) < 4.78 is 1.84. The number of hydrogen-bond acceptors (Lipinski definition) is 3. The minimum atomic E-state index is -0.326. The van der Waals surface area contributed by atoms with Crippen molar-refractivity contribution in [2.75, 3.05) is 0 Å². The Morgan fingerprint density at radius 1 is 1.50 bits per heavy atom. The maximum Gasteiger partial charge on any atom is 0.0643 e. The van der Waals surface area contributed by atoms with Crippen molar-refractivity contribution >= 4 is 11.3 Å². The van der Waals surface area contributed by atoms with Gasteiger partial charge >= 0.3 is 0 Å². The zero-order chi connectivity index (χ0) is 11.5. The molecule has 2 rings (SSSR count). The van der Waals surface area contributed by atoms with Crippen LogP contribution in [0.4, 0.5) is 0 Å². The van der Waals surface area contributed by atoms with Crippen LogP contribution in [0, 0.1) is 6.92 Å². The molecule has 0 spiro atoms. The Hall–Kier alpha value is -1.13. The molecular formula is C12H16N2OS.